The van der Waals surface area contributed by atoms with E-state index in [4.69, 9.17) is 22.1 Å². The first-order valence-corrected chi connectivity index (χ1v) is 6.30. The fourth-order valence-electron chi connectivity index (χ4n) is 2.52. The Kier molecular flexibility index (Phi) is 3.50. The van der Waals surface area contributed by atoms with Crippen LogP contribution in [-0.2, 0) is 5.54 Å². The number of nitrogens with two attached hydrogens (primary N) is 1. The summed E-state index contributed by atoms with van der Waals surface area (Å²) in [4.78, 5) is 0. The summed E-state index contributed by atoms with van der Waals surface area (Å²) in [7, 11) is 1.58. The van der Waals surface area contributed by atoms with E-state index in [0.29, 0.717) is 16.3 Å². The fraction of sp³-hybridized carbons (Fsp3) is 0.538. The minimum atomic E-state index is -0.472. The van der Waals surface area contributed by atoms with Crippen LogP contribution >= 0.6 is 11.6 Å². The van der Waals surface area contributed by atoms with Crippen LogP contribution in [0.15, 0.2) is 12.1 Å². The largest absolute Gasteiger partial charge is 0.506 e. The van der Waals surface area contributed by atoms with Crippen molar-refractivity contribution in [3.63, 3.8) is 0 Å². The molecule has 2 rings (SSSR count). The highest BCUT2D eigenvalue weighted by Gasteiger charge is 2.33. The van der Waals surface area contributed by atoms with Crippen molar-refractivity contribution in [1.29, 1.82) is 0 Å². The molecule has 1 aromatic carbocycles. The molecule has 1 aromatic rings. The minimum Gasteiger partial charge on any atom is -0.506 e. The maximum absolute atomic E-state index is 10.1. The minimum absolute atomic E-state index is 0.0943. The van der Waals surface area contributed by atoms with Gasteiger partial charge in [0.25, 0.3) is 0 Å². The number of ether oxygens (including phenoxy) is 1. The Morgan fingerprint density at radius 3 is 2.53 bits per heavy atom. The molecule has 0 radical (unpaired) electrons. The molecule has 0 unspecified atom stereocenters. The maximum Gasteiger partial charge on any atom is 0.139 e. The van der Waals surface area contributed by atoms with Crippen molar-refractivity contribution in [3.05, 3.63) is 22.7 Å². The summed E-state index contributed by atoms with van der Waals surface area (Å²) < 4.78 is 5.18. The van der Waals surface area contributed by atoms with Gasteiger partial charge in [-0.15, -0.1) is 0 Å². The van der Waals surface area contributed by atoms with Crippen molar-refractivity contribution >= 4 is 11.6 Å². The number of halogens is 1. The van der Waals surface area contributed by atoms with E-state index in [0.717, 1.165) is 25.7 Å². The molecule has 1 aliphatic rings. The van der Waals surface area contributed by atoms with E-state index in [1.165, 1.54) is 6.42 Å². The number of hydrogen-bond acceptors (Lipinski definition) is 3. The van der Waals surface area contributed by atoms with Gasteiger partial charge in [-0.3, -0.25) is 0 Å². The third-order valence-electron chi connectivity index (χ3n) is 3.55. The zero-order valence-electron chi connectivity index (χ0n) is 10.0. The summed E-state index contributed by atoms with van der Waals surface area (Å²) in [6.45, 7) is 0. The van der Waals surface area contributed by atoms with Crippen LogP contribution in [0.25, 0.3) is 0 Å². The maximum atomic E-state index is 10.1. The number of benzene rings is 1. The zero-order chi connectivity index (χ0) is 12.5. The number of phenolic OH excluding ortho intramolecular Hbond substituents is 1. The first kappa shape index (κ1) is 12.5. The molecular weight excluding hydrogens is 238 g/mol. The lowest BCUT2D eigenvalue weighted by atomic mass is 9.77. The van der Waals surface area contributed by atoms with Crippen molar-refractivity contribution in [1.82, 2.24) is 0 Å². The molecule has 0 aromatic heterocycles. The molecule has 4 heteroatoms. The molecule has 17 heavy (non-hydrogen) atoms. The van der Waals surface area contributed by atoms with E-state index in [-0.39, 0.29) is 5.75 Å². The molecule has 0 aliphatic heterocycles. The van der Waals surface area contributed by atoms with Crippen LogP contribution in [0.3, 0.4) is 0 Å². The first-order chi connectivity index (χ1) is 8.07. The molecule has 0 saturated heterocycles. The zero-order valence-corrected chi connectivity index (χ0v) is 10.8. The summed E-state index contributed by atoms with van der Waals surface area (Å²) in [5.41, 5.74) is 6.64. The highest BCUT2D eigenvalue weighted by Crippen LogP contribution is 2.43. The molecule has 0 spiro atoms. The molecule has 1 saturated carbocycles. The Balaban J connectivity index is 2.45. The molecule has 0 atom stereocenters. The number of aromatic hydroxyl groups is 1. The number of hydrogen-bond donors (Lipinski definition) is 2. The van der Waals surface area contributed by atoms with Crippen LogP contribution in [0.2, 0.25) is 5.02 Å². The Hall–Kier alpha value is -0.930. The van der Waals surface area contributed by atoms with Crippen LogP contribution in [0.5, 0.6) is 11.5 Å². The molecule has 1 aliphatic carbocycles. The standard InChI is InChI=1S/C13H18ClNO2/c1-17-9-7-10(12(16)11(14)8-9)13(15)5-3-2-4-6-13/h7-8,16H,2-6,15H2,1H3. The van der Waals surface area contributed by atoms with Gasteiger partial charge in [0.05, 0.1) is 12.1 Å². The van der Waals surface area contributed by atoms with E-state index in [1.807, 2.05) is 0 Å². The van der Waals surface area contributed by atoms with Crippen LogP contribution in [0.1, 0.15) is 37.7 Å². The third-order valence-corrected chi connectivity index (χ3v) is 3.84. The van der Waals surface area contributed by atoms with Gasteiger partial charge in [-0.1, -0.05) is 30.9 Å². The Morgan fingerprint density at radius 2 is 1.94 bits per heavy atom. The average molecular weight is 256 g/mol. The van der Waals surface area contributed by atoms with Crippen molar-refractivity contribution in [2.24, 2.45) is 5.73 Å². The van der Waals surface area contributed by atoms with Gasteiger partial charge in [-0.05, 0) is 18.9 Å². The molecular formula is C13H18ClNO2. The molecule has 3 nitrogen and oxygen atoms in total. The van der Waals surface area contributed by atoms with Crippen LogP contribution in [-0.4, -0.2) is 12.2 Å². The SMILES string of the molecule is COc1cc(Cl)c(O)c(C2(N)CCCCC2)c1. The molecule has 1 fully saturated rings. The van der Waals surface area contributed by atoms with E-state index >= 15 is 0 Å². The van der Waals surface area contributed by atoms with Crippen LogP contribution < -0.4 is 10.5 Å². The second-order valence-corrected chi connectivity index (χ2v) is 5.13. The average Bonchev–Trinajstić information content (AvgIpc) is 2.33. The number of methoxy groups -OCH3 is 1. The highest BCUT2D eigenvalue weighted by atomic mass is 35.5. The van der Waals surface area contributed by atoms with Crippen molar-refractivity contribution < 1.29 is 9.84 Å². The monoisotopic (exact) mass is 255 g/mol. The molecule has 0 heterocycles. The summed E-state index contributed by atoms with van der Waals surface area (Å²) >= 11 is 5.99. The molecule has 94 valence electrons. The number of phenols is 1. The highest BCUT2D eigenvalue weighted by molar-refractivity contribution is 6.32. The molecule has 0 bridgehead atoms. The van der Waals surface area contributed by atoms with Gasteiger partial charge in [0.15, 0.2) is 0 Å². The van der Waals surface area contributed by atoms with Crippen molar-refractivity contribution in [2.75, 3.05) is 7.11 Å². The Labute approximate surface area is 107 Å². The van der Waals surface area contributed by atoms with Gasteiger partial charge in [-0.2, -0.15) is 0 Å². The van der Waals surface area contributed by atoms with Crippen LogP contribution in [0, 0.1) is 0 Å². The topological polar surface area (TPSA) is 55.5 Å². The first-order valence-electron chi connectivity index (χ1n) is 5.93. The van der Waals surface area contributed by atoms with Crippen molar-refractivity contribution in [3.8, 4) is 11.5 Å². The van der Waals surface area contributed by atoms with Gasteiger partial charge in [0.1, 0.15) is 11.5 Å². The van der Waals surface area contributed by atoms with E-state index in [1.54, 1.807) is 19.2 Å². The predicted molar refractivity (Wildman–Crippen MR) is 68.6 cm³/mol. The van der Waals surface area contributed by atoms with E-state index in [2.05, 4.69) is 0 Å². The smallest absolute Gasteiger partial charge is 0.139 e. The Morgan fingerprint density at radius 1 is 1.29 bits per heavy atom. The van der Waals surface area contributed by atoms with Gasteiger partial charge >= 0.3 is 0 Å². The summed E-state index contributed by atoms with van der Waals surface area (Å²) in [5.74, 6) is 0.732. The third kappa shape index (κ3) is 2.35. The lowest BCUT2D eigenvalue weighted by Crippen LogP contribution is -2.38. The normalized spacial score (nSPS) is 19.0. The van der Waals surface area contributed by atoms with Gasteiger partial charge in [0.2, 0.25) is 0 Å². The fourth-order valence-corrected chi connectivity index (χ4v) is 2.73. The second kappa shape index (κ2) is 4.75. The molecule has 0 amide bonds. The quantitative estimate of drug-likeness (QED) is 0.853. The van der Waals surface area contributed by atoms with Crippen molar-refractivity contribution in [2.45, 2.75) is 37.6 Å². The lowest BCUT2D eigenvalue weighted by Gasteiger charge is -2.34. The van der Waals surface area contributed by atoms with E-state index in [9.17, 15) is 5.11 Å². The van der Waals surface area contributed by atoms with Gasteiger partial charge in [0, 0.05) is 17.2 Å². The summed E-state index contributed by atoms with van der Waals surface area (Å²) in [6, 6.07) is 3.40. The summed E-state index contributed by atoms with van der Waals surface area (Å²) in [6.07, 6.45) is 5.14. The number of rotatable bonds is 2. The predicted octanol–water partition coefficient (Wildman–Crippen LogP) is 3.17. The molecule has 3 N–H and O–H groups in total. The second-order valence-electron chi connectivity index (χ2n) is 4.72. The van der Waals surface area contributed by atoms with E-state index < -0.39 is 5.54 Å². The lowest BCUT2D eigenvalue weighted by molar-refractivity contribution is 0.290. The van der Waals surface area contributed by atoms with Gasteiger partial charge in [-0.25, -0.2) is 0 Å². The van der Waals surface area contributed by atoms with Crippen LogP contribution in [0.4, 0.5) is 0 Å². The Bertz CT molecular complexity index is 414. The van der Waals surface area contributed by atoms with Gasteiger partial charge < -0.3 is 15.6 Å². The summed E-state index contributed by atoms with van der Waals surface area (Å²) in [5, 5.41) is 10.4.